The van der Waals surface area contributed by atoms with Gasteiger partial charge in [-0.05, 0) is 19.3 Å². The molecule has 0 aromatic rings. The Hall–Kier alpha value is -0.590. The minimum atomic E-state index is 0.248. The van der Waals surface area contributed by atoms with Crippen LogP contribution in [0.4, 0.5) is 0 Å². The van der Waals surface area contributed by atoms with Crippen molar-refractivity contribution in [2.24, 2.45) is 5.92 Å². The second-order valence-electron chi connectivity index (χ2n) is 5.08. The van der Waals surface area contributed by atoms with Crippen LogP contribution in [0.15, 0.2) is 0 Å². The van der Waals surface area contributed by atoms with E-state index in [-0.39, 0.29) is 5.92 Å². The highest BCUT2D eigenvalue weighted by Gasteiger charge is 2.33. The first-order valence-corrected chi connectivity index (χ1v) is 6.51. The van der Waals surface area contributed by atoms with Gasteiger partial charge in [0.05, 0.1) is 18.1 Å². The molecule has 0 bridgehead atoms. The molecule has 2 aliphatic rings. The molecule has 1 saturated heterocycles. The first-order valence-electron chi connectivity index (χ1n) is 6.51. The van der Waals surface area contributed by atoms with Gasteiger partial charge in [0.25, 0.3) is 0 Å². The summed E-state index contributed by atoms with van der Waals surface area (Å²) in [5, 5.41) is 9.26. The minimum absolute atomic E-state index is 0.248. The number of methoxy groups -OCH3 is 1. The van der Waals surface area contributed by atoms with Gasteiger partial charge in [-0.25, -0.2) is 0 Å². The molecular weight excluding hydrogens is 200 g/mol. The van der Waals surface area contributed by atoms with Crippen molar-refractivity contribution in [2.45, 2.75) is 50.7 Å². The third kappa shape index (κ3) is 2.56. The standard InChI is InChI=1S/C13H22N2O/c1-16-12-7-8-15(10-12)13-6-4-2-3-5-11(13)9-14/h11-13H,2-8,10H2,1H3. The first kappa shape index (κ1) is 11.9. The van der Waals surface area contributed by atoms with E-state index in [9.17, 15) is 5.26 Å². The maximum Gasteiger partial charge on any atom is 0.0710 e. The molecule has 16 heavy (non-hydrogen) atoms. The van der Waals surface area contributed by atoms with Crippen molar-refractivity contribution in [2.75, 3.05) is 20.2 Å². The summed E-state index contributed by atoms with van der Waals surface area (Å²) in [7, 11) is 1.79. The van der Waals surface area contributed by atoms with E-state index in [0.717, 1.165) is 25.9 Å². The second kappa shape index (κ2) is 5.65. The summed E-state index contributed by atoms with van der Waals surface area (Å²) in [6.07, 6.45) is 7.64. The summed E-state index contributed by atoms with van der Waals surface area (Å²) < 4.78 is 5.41. The average Bonchev–Trinajstić information content (AvgIpc) is 2.66. The lowest BCUT2D eigenvalue weighted by atomic mass is 9.95. The van der Waals surface area contributed by atoms with Crippen LogP contribution in [0.2, 0.25) is 0 Å². The Labute approximate surface area is 98.4 Å². The number of hydrogen-bond acceptors (Lipinski definition) is 3. The lowest BCUT2D eigenvalue weighted by Crippen LogP contribution is -2.38. The number of hydrogen-bond donors (Lipinski definition) is 0. The number of ether oxygens (including phenoxy) is 1. The van der Waals surface area contributed by atoms with Crippen molar-refractivity contribution >= 4 is 0 Å². The molecule has 0 radical (unpaired) electrons. The van der Waals surface area contributed by atoms with Crippen molar-refractivity contribution < 1.29 is 4.74 Å². The molecule has 1 heterocycles. The zero-order chi connectivity index (χ0) is 11.4. The monoisotopic (exact) mass is 222 g/mol. The summed E-state index contributed by atoms with van der Waals surface area (Å²) in [5.41, 5.74) is 0. The Morgan fingerprint density at radius 1 is 1.19 bits per heavy atom. The number of nitrogens with zero attached hydrogens (tertiary/aromatic N) is 2. The maximum absolute atomic E-state index is 9.26. The highest BCUT2D eigenvalue weighted by molar-refractivity contribution is 4.96. The smallest absolute Gasteiger partial charge is 0.0710 e. The Kier molecular flexibility index (Phi) is 4.20. The largest absolute Gasteiger partial charge is 0.380 e. The van der Waals surface area contributed by atoms with Crippen LogP contribution in [0.5, 0.6) is 0 Å². The van der Waals surface area contributed by atoms with Crippen LogP contribution in [-0.4, -0.2) is 37.2 Å². The van der Waals surface area contributed by atoms with Gasteiger partial charge in [-0.2, -0.15) is 5.26 Å². The van der Waals surface area contributed by atoms with Crippen LogP contribution < -0.4 is 0 Å². The Bertz CT molecular complexity index is 261. The lowest BCUT2D eigenvalue weighted by molar-refractivity contribution is 0.0945. The van der Waals surface area contributed by atoms with Gasteiger partial charge in [0.2, 0.25) is 0 Å². The minimum Gasteiger partial charge on any atom is -0.380 e. The van der Waals surface area contributed by atoms with E-state index in [1.54, 1.807) is 7.11 Å². The van der Waals surface area contributed by atoms with Crippen LogP contribution in [0, 0.1) is 17.2 Å². The molecular formula is C13H22N2O. The van der Waals surface area contributed by atoms with Crippen LogP contribution in [0.3, 0.4) is 0 Å². The average molecular weight is 222 g/mol. The van der Waals surface area contributed by atoms with Crippen LogP contribution in [0.25, 0.3) is 0 Å². The van der Waals surface area contributed by atoms with Gasteiger partial charge in [-0.1, -0.05) is 19.3 Å². The summed E-state index contributed by atoms with van der Waals surface area (Å²) >= 11 is 0. The Balaban J connectivity index is 1.98. The Morgan fingerprint density at radius 3 is 2.69 bits per heavy atom. The molecule has 1 saturated carbocycles. The molecule has 3 nitrogen and oxygen atoms in total. The van der Waals surface area contributed by atoms with Crippen molar-refractivity contribution in [3.8, 4) is 6.07 Å². The van der Waals surface area contributed by atoms with E-state index >= 15 is 0 Å². The fourth-order valence-electron chi connectivity index (χ4n) is 3.12. The SMILES string of the molecule is COC1CCN(C2CCCCCC2C#N)C1. The van der Waals surface area contributed by atoms with Gasteiger partial charge in [0, 0.05) is 26.2 Å². The summed E-state index contributed by atoms with van der Waals surface area (Å²) in [6.45, 7) is 2.14. The molecule has 0 aromatic heterocycles. The van der Waals surface area contributed by atoms with Gasteiger partial charge >= 0.3 is 0 Å². The third-order valence-electron chi connectivity index (χ3n) is 4.12. The molecule has 0 amide bonds. The number of rotatable bonds is 2. The molecule has 90 valence electrons. The van der Waals surface area contributed by atoms with E-state index in [1.807, 2.05) is 0 Å². The van der Waals surface area contributed by atoms with E-state index in [1.165, 1.54) is 25.7 Å². The third-order valence-corrected chi connectivity index (χ3v) is 4.12. The molecule has 1 aliphatic carbocycles. The van der Waals surface area contributed by atoms with E-state index < -0.39 is 0 Å². The molecule has 2 rings (SSSR count). The highest BCUT2D eigenvalue weighted by Crippen LogP contribution is 2.29. The maximum atomic E-state index is 9.26. The number of nitriles is 1. The fourth-order valence-corrected chi connectivity index (χ4v) is 3.12. The summed E-state index contributed by atoms with van der Waals surface area (Å²) in [4.78, 5) is 2.49. The van der Waals surface area contributed by atoms with Gasteiger partial charge in [0.15, 0.2) is 0 Å². The highest BCUT2D eigenvalue weighted by atomic mass is 16.5. The molecule has 0 N–H and O–H groups in total. The topological polar surface area (TPSA) is 36.3 Å². The molecule has 3 heteroatoms. The van der Waals surface area contributed by atoms with Crippen molar-refractivity contribution in [1.82, 2.24) is 4.90 Å². The first-order chi connectivity index (χ1) is 7.85. The van der Waals surface area contributed by atoms with Crippen LogP contribution in [-0.2, 0) is 4.74 Å². The fraction of sp³-hybridized carbons (Fsp3) is 0.923. The predicted octanol–water partition coefficient (Wildman–Crippen LogP) is 2.18. The second-order valence-corrected chi connectivity index (χ2v) is 5.08. The van der Waals surface area contributed by atoms with Gasteiger partial charge < -0.3 is 4.74 Å². The quantitative estimate of drug-likeness (QED) is 0.672. The molecule has 0 spiro atoms. The molecule has 1 aliphatic heterocycles. The lowest BCUT2D eigenvalue weighted by Gasteiger charge is -2.29. The number of likely N-dealkylation sites (tertiary alicyclic amines) is 1. The zero-order valence-electron chi connectivity index (χ0n) is 10.2. The molecule has 3 unspecified atom stereocenters. The molecule has 2 fully saturated rings. The summed E-state index contributed by atoms with van der Waals surface area (Å²) in [6, 6.07) is 3.01. The van der Waals surface area contributed by atoms with Crippen molar-refractivity contribution in [1.29, 1.82) is 5.26 Å². The zero-order valence-corrected chi connectivity index (χ0v) is 10.2. The van der Waals surface area contributed by atoms with Gasteiger partial charge in [-0.3, -0.25) is 4.90 Å². The van der Waals surface area contributed by atoms with Gasteiger partial charge in [-0.15, -0.1) is 0 Å². The van der Waals surface area contributed by atoms with Crippen molar-refractivity contribution in [3.05, 3.63) is 0 Å². The van der Waals surface area contributed by atoms with Crippen LogP contribution in [0.1, 0.15) is 38.5 Å². The van der Waals surface area contributed by atoms with E-state index in [4.69, 9.17) is 4.74 Å². The van der Waals surface area contributed by atoms with E-state index in [2.05, 4.69) is 11.0 Å². The van der Waals surface area contributed by atoms with E-state index in [0.29, 0.717) is 12.1 Å². The normalized spacial score (nSPS) is 36.9. The predicted molar refractivity (Wildman–Crippen MR) is 63.0 cm³/mol. The molecule has 0 aromatic carbocycles. The summed E-state index contributed by atoms with van der Waals surface area (Å²) in [5.74, 6) is 0.248. The van der Waals surface area contributed by atoms with Crippen molar-refractivity contribution in [3.63, 3.8) is 0 Å². The molecule has 3 atom stereocenters. The Morgan fingerprint density at radius 2 is 2.00 bits per heavy atom. The van der Waals surface area contributed by atoms with Crippen LogP contribution >= 0.6 is 0 Å². The van der Waals surface area contributed by atoms with Gasteiger partial charge in [0.1, 0.15) is 0 Å².